The quantitative estimate of drug-likeness (QED) is 0.266. The maximum absolute atomic E-state index is 13.8. The molecule has 2 aliphatic heterocycles. The molecule has 2 saturated heterocycles. The molecule has 5 N–H and O–H groups in total. The average molecular weight is 544 g/mol. The molecule has 4 atom stereocenters. The second-order valence-electron chi connectivity index (χ2n) is 10.3. The molecule has 12 heteroatoms. The topological polar surface area (TPSA) is 167 Å². The zero-order valence-corrected chi connectivity index (χ0v) is 22.6. The normalized spacial score (nSPS) is 20.0. The van der Waals surface area contributed by atoms with Gasteiger partial charge in [0.1, 0.15) is 12.1 Å². The van der Waals surface area contributed by atoms with Gasteiger partial charge in [-0.05, 0) is 37.8 Å². The van der Waals surface area contributed by atoms with Crippen LogP contribution in [0.2, 0.25) is 0 Å². The minimum absolute atomic E-state index is 0.0517. The van der Waals surface area contributed by atoms with Gasteiger partial charge in [0.2, 0.25) is 11.8 Å². The molecule has 1 unspecified atom stereocenters. The lowest BCUT2D eigenvalue weighted by Crippen LogP contribution is -2.61. The van der Waals surface area contributed by atoms with Crippen molar-refractivity contribution in [2.75, 3.05) is 39.8 Å². The molecule has 0 radical (unpaired) electrons. The van der Waals surface area contributed by atoms with Crippen LogP contribution in [0.4, 0.5) is 4.79 Å². The molecule has 214 valence electrons. The Morgan fingerprint density at radius 2 is 1.79 bits per heavy atom. The van der Waals surface area contributed by atoms with Crippen LogP contribution in [0.15, 0.2) is 35.4 Å². The molecule has 12 nitrogen and oxygen atoms in total. The third kappa shape index (κ3) is 8.74. The Kier molecular flexibility index (Phi) is 11.7. The number of carbonyl (C=O) groups is 4. The van der Waals surface area contributed by atoms with Gasteiger partial charge in [-0.3, -0.25) is 9.59 Å². The van der Waals surface area contributed by atoms with Gasteiger partial charge >= 0.3 is 12.0 Å². The van der Waals surface area contributed by atoms with Crippen LogP contribution in [0.25, 0.3) is 0 Å². The number of hydrogen-bond acceptors (Lipinski definition) is 7. The maximum atomic E-state index is 13.8. The number of carbonyl (C=O) groups excluding carboxylic acids is 3. The van der Waals surface area contributed by atoms with Crippen molar-refractivity contribution in [1.29, 1.82) is 5.53 Å². The van der Waals surface area contributed by atoms with E-state index in [9.17, 15) is 24.3 Å². The number of likely N-dealkylation sites (tertiary alicyclic amines) is 1. The van der Waals surface area contributed by atoms with E-state index in [1.54, 1.807) is 41.1 Å². The first-order chi connectivity index (χ1) is 18.8. The summed E-state index contributed by atoms with van der Waals surface area (Å²) in [5, 5.41) is 21.5. The highest BCUT2D eigenvalue weighted by molar-refractivity contribution is 5.94. The molecule has 2 aliphatic rings. The molecule has 2 heterocycles. The summed E-state index contributed by atoms with van der Waals surface area (Å²) in [5.74, 6) is -3.12. The number of benzene rings is 1. The van der Waals surface area contributed by atoms with Gasteiger partial charge < -0.3 is 30.9 Å². The lowest BCUT2D eigenvalue weighted by molar-refractivity contribution is -0.144. The first kappa shape index (κ1) is 30.0. The third-order valence-corrected chi connectivity index (χ3v) is 7.53. The molecular weight excluding hydrogens is 502 g/mol. The summed E-state index contributed by atoms with van der Waals surface area (Å²) in [6.07, 6.45) is 5.38. The molecule has 0 aromatic heterocycles. The van der Waals surface area contributed by atoms with Crippen molar-refractivity contribution in [3.05, 3.63) is 35.9 Å². The number of aliphatic carboxylic acids is 1. The van der Waals surface area contributed by atoms with E-state index in [4.69, 9.17) is 5.53 Å². The molecule has 1 aromatic rings. The maximum Gasteiger partial charge on any atom is 0.326 e. The van der Waals surface area contributed by atoms with Crippen LogP contribution < -0.4 is 16.0 Å². The fourth-order valence-electron chi connectivity index (χ4n) is 5.24. The van der Waals surface area contributed by atoms with Gasteiger partial charge in [-0.25, -0.2) is 15.1 Å². The monoisotopic (exact) mass is 543 g/mol. The zero-order chi connectivity index (χ0) is 28.2. The summed E-state index contributed by atoms with van der Waals surface area (Å²) in [5.41, 5.74) is 8.24. The van der Waals surface area contributed by atoms with Crippen molar-refractivity contribution < 1.29 is 24.3 Å². The zero-order valence-electron chi connectivity index (χ0n) is 22.6. The van der Waals surface area contributed by atoms with E-state index in [2.05, 4.69) is 21.1 Å². The molecule has 0 aliphatic carbocycles. The molecule has 0 spiro atoms. The molecule has 3 rings (SSSR count). The van der Waals surface area contributed by atoms with Gasteiger partial charge in [0.25, 0.3) is 0 Å². The Hall–Kier alpha value is -3.54. The van der Waals surface area contributed by atoms with Crippen LogP contribution in [0, 0.1) is 11.4 Å². The van der Waals surface area contributed by atoms with E-state index in [1.807, 2.05) is 6.07 Å². The number of carboxylic acid groups (broad SMARTS) is 1. The van der Waals surface area contributed by atoms with E-state index < -0.39 is 35.9 Å². The molecule has 1 aromatic carbocycles. The summed E-state index contributed by atoms with van der Waals surface area (Å²) in [7, 11) is 1.67. The summed E-state index contributed by atoms with van der Waals surface area (Å²) >= 11 is 0. The molecule has 4 amide bonds. The predicted molar refractivity (Wildman–Crippen MR) is 144 cm³/mol. The number of rotatable bonds is 11. The van der Waals surface area contributed by atoms with E-state index in [0.717, 1.165) is 50.6 Å². The lowest BCUT2D eigenvalue weighted by Gasteiger charge is -2.36. The second-order valence-corrected chi connectivity index (χ2v) is 10.3. The number of hydrogen-bond donors (Lipinski definition) is 5. The summed E-state index contributed by atoms with van der Waals surface area (Å²) in [6.45, 7) is 2.22. The van der Waals surface area contributed by atoms with Gasteiger partial charge in [-0.15, -0.1) is 0 Å². The van der Waals surface area contributed by atoms with Gasteiger partial charge in [0.05, 0.1) is 12.5 Å². The van der Waals surface area contributed by atoms with E-state index in [0.29, 0.717) is 19.6 Å². The van der Waals surface area contributed by atoms with Gasteiger partial charge in [-0.2, -0.15) is 5.11 Å². The van der Waals surface area contributed by atoms with Crippen molar-refractivity contribution in [3.63, 3.8) is 0 Å². The van der Waals surface area contributed by atoms with Crippen molar-refractivity contribution in [3.8, 4) is 0 Å². The molecular formula is C27H41N7O5. The van der Waals surface area contributed by atoms with Gasteiger partial charge in [0, 0.05) is 39.1 Å². The highest BCUT2D eigenvalue weighted by Gasteiger charge is 2.40. The fraction of sp³-hybridized carbons (Fsp3) is 0.630. The number of piperidine rings is 1. The number of nitrogens with zero attached hydrogens (tertiary/aromatic N) is 3. The van der Waals surface area contributed by atoms with Crippen molar-refractivity contribution in [1.82, 2.24) is 25.8 Å². The average Bonchev–Trinajstić information content (AvgIpc) is 3.24. The van der Waals surface area contributed by atoms with E-state index >= 15 is 0 Å². The van der Waals surface area contributed by atoms with Crippen LogP contribution in [-0.4, -0.2) is 96.6 Å². The van der Waals surface area contributed by atoms with Gasteiger partial charge in [-0.1, -0.05) is 43.2 Å². The van der Waals surface area contributed by atoms with Crippen LogP contribution in [-0.2, 0) is 20.8 Å². The number of amides is 4. The molecule has 2 fully saturated rings. The Labute approximate surface area is 229 Å². The largest absolute Gasteiger partial charge is 0.480 e. The van der Waals surface area contributed by atoms with E-state index in [1.165, 1.54) is 0 Å². The van der Waals surface area contributed by atoms with Crippen molar-refractivity contribution in [2.45, 2.75) is 63.1 Å². The first-order valence-electron chi connectivity index (χ1n) is 13.7. The third-order valence-electron chi connectivity index (χ3n) is 7.53. The van der Waals surface area contributed by atoms with E-state index in [-0.39, 0.29) is 24.9 Å². The summed E-state index contributed by atoms with van der Waals surface area (Å²) < 4.78 is 0. The van der Waals surface area contributed by atoms with Gasteiger partial charge in [0.15, 0.2) is 0 Å². The second kappa shape index (κ2) is 15.2. The standard InChI is InChI=1S/C27H41N7O5/c1-33(20-12-9-13-29-17-20)24(35)21(18-30-28)23(25(36)34-14-7-2-3-8-15-34)32-27(39)31-22(26(37)38)16-19-10-5-4-6-11-19/h4-6,10-11,20-23,28-29H,2-3,7-9,12-18H2,1H3,(H,37,38)(H2,31,32,39)/t20-,21+,22-,23?/m0/s1. The number of likely N-dealkylation sites (N-methyl/N-ethyl adjacent to an activating group) is 1. The minimum Gasteiger partial charge on any atom is -0.480 e. The van der Waals surface area contributed by atoms with Crippen LogP contribution >= 0.6 is 0 Å². The van der Waals surface area contributed by atoms with Crippen LogP contribution in [0.1, 0.15) is 44.1 Å². The summed E-state index contributed by atoms with van der Waals surface area (Å²) in [4.78, 5) is 55.8. The molecule has 0 saturated carbocycles. The smallest absolute Gasteiger partial charge is 0.326 e. The highest BCUT2D eigenvalue weighted by atomic mass is 16.4. The Bertz CT molecular complexity index is 978. The fourth-order valence-corrected chi connectivity index (χ4v) is 5.24. The predicted octanol–water partition coefficient (Wildman–Crippen LogP) is 1.61. The van der Waals surface area contributed by atoms with Crippen molar-refractivity contribution in [2.24, 2.45) is 11.0 Å². The number of nitrogens with one attached hydrogen (secondary N) is 4. The highest BCUT2D eigenvalue weighted by Crippen LogP contribution is 2.19. The Morgan fingerprint density at radius 3 is 2.38 bits per heavy atom. The molecule has 39 heavy (non-hydrogen) atoms. The Morgan fingerprint density at radius 1 is 1.10 bits per heavy atom. The van der Waals surface area contributed by atoms with Crippen LogP contribution in [0.3, 0.4) is 0 Å². The Balaban J connectivity index is 1.83. The number of urea groups is 1. The first-order valence-corrected chi connectivity index (χ1v) is 13.7. The number of carboxylic acids is 1. The SMILES string of the molecule is CN(C(=O)[C@H](CN=N)C(NC(=O)N[C@@H](Cc1ccccc1)C(=O)O)C(=O)N1CCCCCC1)[C@H]1CCCNC1. The van der Waals surface area contributed by atoms with Crippen molar-refractivity contribution >= 4 is 23.8 Å². The lowest BCUT2D eigenvalue weighted by atomic mass is 9.94. The van der Waals surface area contributed by atoms with Crippen LogP contribution in [0.5, 0.6) is 0 Å². The molecule has 0 bridgehead atoms. The summed E-state index contributed by atoms with van der Waals surface area (Å²) in [6, 6.07) is 5.42. The minimum atomic E-state index is -1.30.